The number of nitrogens with zero attached hydrogens (tertiary/aromatic N) is 1. The zero-order chi connectivity index (χ0) is 19.8. The highest BCUT2D eigenvalue weighted by Crippen LogP contribution is 2.34. The van der Waals surface area contributed by atoms with Gasteiger partial charge in [0.15, 0.2) is 0 Å². The minimum atomic E-state index is -0.0717. The molecule has 0 atom stereocenters. The highest BCUT2D eigenvalue weighted by Gasteiger charge is 2.21. The maximum absolute atomic E-state index is 13.0. The van der Waals surface area contributed by atoms with Gasteiger partial charge in [-0.1, -0.05) is 36.4 Å². The zero-order valence-corrected chi connectivity index (χ0v) is 16.6. The average Bonchev–Trinajstić information content (AvgIpc) is 3.17. The van der Waals surface area contributed by atoms with Crippen molar-refractivity contribution in [2.24, 2.45) is 0 Å². The zero-order valence-electron chi connectivity index (χ0n) is 16.6. The molecule has 1 aliphatic rings. The molecule has 146 valence electrons. The maximum atomic E-state index is 13.0. The van der Waals surface area contributed by atoms with Crippen LogP contribution >= 0.6 is 0 Å². The van der Waals surface area contributed by atoms with Crippen LogP contribution in [-0.4, -0.2) is 35.9 Å². The van der Waals surface area contributed by atoms with Gasteiger partial charge in [-0.3, -0.25) is 4.79 Å². The number of carbonyl (C=O) groups excluding carboxylic acids is 1. The van der Waals surface area contributed by atoms with Gasteiger partial charge in [0.05, 0.1) is 0 Å². The first-order chi connectivity index (χ1) is 14.2. The van der Waals surface area contributed by atoms with Crippen molar-refractivity contribution in [1.29, 1.82) is 0 Å². The summed E-state index contributed by atoms with van der Waals surface area (Å²) in [7, 11) is 2.19. The van der Waals surface area contributed by atoms with E-state index in [0.717, 1.165) is 35.1 Å². The Bertz CT molecular complexity index is 1180. The Morgan fingerprint density at radius 2 is 1.79 bits per heavy atom. The lowest BCUT2D eigenvalue weighted by Crippen LogP contribution is -2.29. The second kappa shape index (κ2) is 7.37. The van der Waals surface area contributed by atoms with Crippen LogP contribution in [0.25, 0.3) is 21.7 Å². The Morgan fingerprint density at radius 3 is 2.66 bits per heavy atom. The topological polar surface area (TPSA) is 48.1 Å². The molecule has 1 aromatic heterocycles. The van der Waals surface area contributed by atoms with Gasteiger partial charge in [0, 0.05) is 28.4 Å². The van der Waals surface area contributed by atoms with Gasteiger partial charge in [-0.05, 0) is 79.5 Å². The normalized spacial score (nSPS) is 15.8. The smallest absolute Gasteiger partial charge is 0.256 e. The van der Waals surface area contributed by atoms with Crippen LogP contribution in [0.3, 0.4) is 0 Å². The number of carbonyl (C=O) groups is 1. The number of amides is 1. The second-order valence-corrected chi connectivity index (χ2v) is 8.06. The Balaban J connectivity index is 1.44. The number of nitrogens with one attached hydrogen (secondary N) is 2. The summed E-state index contributed by atoms with van der Waals surface area (Å²) in [5.74, 6) is 0.501. The maximum Gasteiger partial charge on any atom is 0.256 e. The first-order valence-electron chi connectivity index (χ1n) is 10.3. The SMILES string of the molecule is CN1CCC(c2c[nH]c3ccc(NC(=O)c4cccc5ccccc45)cc23)CC1. The van der Waals surface area contributed by atoms with E-state index in [1.165, 1.54) is 23.8 Å². The molecule has 29 heavy (non-hydrogen) atoms. The predicted octanol–water partition coefficient (Wildman–Crippen LogP) is 5.38. The van der Waals surface area contributed by atoms with Crippen LogP contribution in [0.2, 0.25) is 0 Å². The molecule has 4 heteroatoms. The van der Waals surface area contributed by atoms with Crippen molar-refractivity contribution in [3.8, 4) is 0 Å². The molecule has 2 heterocycles. The first kappa shape index (κ1) is 18.0. The lowest BCUT2D eigenvalue weighted by Gasteiger charge is -2.28. The van der Waals surface area contributed by atoms with Crippen molar-refractivity contribution < 1.29 is 4.79 Å². The number of piperidine rings is 1. The summed E-state index contributed by atoms with van der Waals surface area (Å²) in [4.78, 5) is 18.8. The number of anilines is 1. The van der Waals surface area contributed by atoms with E-state index in [-0.39, 0.29) is 5.91 Å². The quantitative estimate of drug-likeness (QED) is 0.499. The van der Waals surface area contributed by atoms with Crippen molar-refractivity contribution in [2.45, 2.75) is 18.8 Å². The summed E-state index contributed by atoms with van der Waals surface area (Å²) in [5.41, 5.74) is 4.04. The Labute approximate surface area is 170 Å². The number of hydrogen-bond donors (Lipinski definition) is 2. The lowest BCUT2D eigenvalue weighted by atomic mass is 9.89. The highest BCUT2D eigenvalue weighted by molar-refractivity contribution is 6.13. The number of aromatic nitrogens is 1. The van der Waals surface area contributed by atoms with Gasteiger partial charge in [0.1, 0.15) is 0 Å². The van der Waals surface area contributed by atoms with Gasteiger partial charge in [0.2, 0.25) is 0 Å². The number of benzene rings is 3. The van der Waals surface area contributed by atoms with E-state index in [2.05, 4.69) is 40.6 Å². The fraction of sp³-hybridized carbons (Fsp3) is 0.240. The molecule has 4 aromatic rings. The van der Waals surface area contributed by atoms with Crippen LogP contribution in [0, 0.1) is 0 Å². The molecule has 0 spiro atoms. The fourth-order valence-electron chi connectivity index (χ4n) is 4.50. The molecule has 0 unspecified atom stereocenters. The number of aromatic amines is 1. The molecule has 2 N–H and O–H groups in total. The number of likely N-dealkylation sites (tertiary alicyclic amines) is 1. The molecule has 0 bridgehead atoms. The van der Waals surface area contributed by atoms with Crippen LogP contribution in [-0.2, 0) is 0 Å². The van der Waals surface area contributed by atoms with Gasteiger partial charge in [-0.15, -0.1) is 0 Å². The van der Waals surface area contributed by atoms with Gasteiger partial charge < -0.3 is 15.2 Å². The molecule has 1 amide bonds. The predicted molar refractivity (Wildman–Crippen MR) is 120 cm³/mol. The fourth-order valence-corrected chi connectivity index (χ4v) is 4.50. The molecule has 4 nitrogen and oxygen atoms in total. The van der Waals surface area contributed by atoms with E-state index in [9.17, 15) is 4.79 Å². The van der Waals surface area contributed by atoms with Gasteiger partial charge in [-0.25, -0.2) is 0 Å². The molecule has 5 rings (SSSR count). The minimum Gasteiger partial charge on any atom is -0.361 e. The van der Waals surface area contributed by atoms with Crippen molar-refractivity contribution >= 4 is 33.3 Å². The Morgan fingerprint density at radius 1 is 1.00 bits per heavy atom. The highest BCUT2D eigenvalue weighted by atomic mass is 16.1. The summed E-state index contributed by atoms with van der Waals surface area (Å²) in [6.45, 7) is 2.27. The molecule has 1 saturated heterocycles. The van der Waals surface area contributed by atoms with Crippen molar-refractivity contribution in [3.63, 3.8) is 0 Å². The van der Waals surface area contributed by atoms with Crippen LogP contribution in [0.15, 0.2) is 66.9 Å². The van der Waals surface area contributed by atoms with E-state index < -0.39 is 0 Å². The minimum absolute atomic E-state index is 0.0717. The van der Waals surface area contributed by atoms with Crippen LogP contribution in [0.1, 0.15) is 34.7 Å². The standard InChI is InChI=1S/C25H25N3O/c1-28-13-11-18(12-14-28)23-16-26-24-10-9-19(15-22(23)24)27-25(29)21-8-4-6-17-5-2-3-7-20(17)21/h2-10,15-16,18,26H,11-14H2,1H3,(H,27,29). The molecule has 1 fully saturated rings. The van der Waals surface area contributed by atoms with Crippen molar-refractivity contribution in [1.82, 2.24) is 9.88 Å². The van der Waals surface area contributed by atoms with Crippen molar-refractivity contribution in [3.05, 3.63) is 78.0 Å². The first-order valence-corrected chi connectivity index (χ1v) is 10.3. The Kier molecular flexibility index (Phi) is 4.57. The summed E-state index contributed by atoms with van der Waals surface area (Å²) in [6.07, 6.45) is 4.50. The molecule has 0 radical (unpaired) electrons. The van der Waals surface area contributed by atoms with E-state index in [0.29, 0.717) is 11.5 Å². The van der Waals surface area contributed by atoms with E-state index in [1.54, 1.807) is 0 Å². The average molecular weight is 383 g/mol. The second-order valence-electron chi connectivity index (χ2n) is 8.06. The van der Waals surface area contributed by atoms with Crippen LogP contribution < -0.4 is 5.32 Å². The summed E-state index contributed by atoms with van der Waals surface area (Å²) < 4.78 is 0. The molecular formula is C25H25N3O. The summed E-state index contributed by atoms with van der Waals surface area (Å²) >= 11 is 0. The number of rotatable bonds is 3. The van der Waals surface area contributed by atoms with Crippen molar-refractivity contribution in [2.75, 3.05) is 25.5 Å². The molecule has 0 saturated carbocycles. The van der Waals surface area contributed by atoms with Crippen LogP contribution in [0.5, 0.6) is 0 Å². The number of hydrogen-bond acceptors (Lipinski definition) is 2. The third-order valence-corrected chi connectivity index (χ3v) is 6.16. The van der Waals surface area contributed by atoms with Gasteiger partial charge in [0.25, 0.3) is 5.91 Å². The Hall–Kier alpha value is -3.11. The van der Waals surface area contributed by atoms with E-state index in [1.807, 2.05) is 48.5 Å². The third kappa shape index (κ3) is 3.40. The molecular weight excluding hydrogens is 358 g/mol. The van der Waals surface area contributed by atoms with E-state index in [4.69, 9.17) is 0 Å². The van der Waals surface area contributed by atoms with Gasteiger partial charge >= 0.3 is 0 Å². The largest absolute Gasteiger partial charge is 0.361 e. The third-order valence-electron chi connectivity index (χ3n) is 6.16. The summed E-state index contributed by atoms with van der Waals surface area (Å²) in [5, 5.41) is 6.38. The number of fused-ring (bicyclic) bond motifs is 2. The van der Waals surface area contributed by atoms with Crippen LogP contribution in [0.4, 0.5) is 5.69 Å². The number of H-pyrrole nitrogens is 1. The van der Waals surface area contributed by atoms with Gasteiger partial charge in [-0.2, -0.15) is 0 Å². The molecule has 3 aromatic carbocycles. The molecule has 0 aliphatic carbocycles. The monoisotopic (exact) mass is 383 g/mol. The lowest BCUT2D eigenvalue weighted by molar-refractivity contribution is 0.102. The summed E-state index contributed by atoms with van der Waals surface area (Å²) in [6, 6.07) is 20.0. The molecule has 1 aliphatic heterocycles. The van der Waals surface area contributed by atoms with E-state index >= 15 is 0 Å².